The number of rotatable bonds is 5. The Morgan fingerprint density at radius 3 is 1.83 bits per heavy atom. The lowest BCUT2D eigenvalue weighted by molar-refractivity contribution is 0.127. The van der Waals surface area contributed by atoms with E-state index in [9.17, 15) is 0 Å². The zero-order chi connectivity index (χ0) is 14.4. The molecular formula is C17H39N. The molecule has 112 valence electrons. The van der Waals surface area contributed by atoms with Crippen LogP contribution in [0.5, 0.6) is 0 Å². The maximum atomic E-state index is 2.67. The Bertz CT molecular complexity index is 134. The van der Waals surface area contributed by atoms with Crippen LogP contribution in [0.2, 0.25) is 0 Å². The predicted molar refractivity (Wildman–Crippen MR) is 86.3 cm³/mol. The van der Waals surface area contributed by atoms with E-state index in [0.29, 0.717) is 0 Å². The Hall–Kier alpha value is -0.0400. The molecule has 0 saturated heterocycles. The van der Waals surface area contributed by atoms with Crippen molar-refractivity contribution >= 4 is 0 Å². The summed E-state index contributed by atoms with van der Waals surface area (Å²) >= 11 is 0. The van der Waals surface area contributed by atoms with Crippen molar-refractivity contribution in [1.82, 2.24) is 4.90 Å². The molecule has 0 aromatic carbocycles. The minimum Gasteiger partial charge on any atom is -0.300 e. The highest BCUT2D eigenvalue weighted by atomic mass is 15.2. The van der Waals surface area contributed by atoms with Gasteiger partial charge < -0.3 is 4.90 Å². The normalized spacial score (nSPS) is 17.3. The molecule has 0 spiro atoms. The van der Waals surface area contributed by atoms with E-state index in [1.165, 1.54) is 51.4 Å². The molecule has 1 atom stereocenters. The molecule has 1 aliphatic carbocycles. The lowest BCUT2D eigenvalue weighted by atomic mass is 9.92. The van der Waals surface area contributed by atoms with Crippen LogP contribution >= 0.6 is 0 Å². The van der Waals surface area contributed by atoms with E-state index in [4.69, 9.17) is 0 Å². The van der Waals surface area contributed by atoms with Gasteiger partial charge >= 0.3 is 0 Å². The number of nitrogens with zero attached hydrogens (tertiary/aromatic N) is 1. The molecule has 1 aliphatic rings. The lowest BCUT2D eigenvalue weighted by Crippen LogP contribution is -2.40. The van der Waals surface area contributed by atoms with E-state index in [-0.39, 0.29) is 0 Å². The molecule has 0 radical (unpaired) electrons. The standard InChI is InChI=1S/C13H27N.2C2H6/c1-4-9-12(5-2)14(3)13-10-7-6-8-11-13;2*1-2/h12-13H,4-11H2,1-3H3;2*1-2H3. The summed E-state index contributed by atoms with van der Waals surface area (Å²) in [6, 6.07) is 1.73. The molecule has 1 nitrogen and oxygen atoms in total. The summed E-state index contributed by atoms with van der Waals surface area (Å²) in [4.78, 5) is 2.67. The van der Waals surface area contributed by atoms with Crippen molar-refractivity contribution in [2.24, 2.45) is 0 Å². The summed E-state index contributed by atoms with van der Waals surface area (Å²) in [5, 5.41) is 0. The first-order valence-electron chi connectivity index (χ1n) is 8.51. The first-order valence-corrected chi connectivity index (χ1v) is 8.51. The molecule has 0 aliphatic heterocycles. The Labute approximate surface area is 117 Å². The van der Waals surface area contributed by atoms with Crippen LogP contribution in [0.1, 0.15) is 92.9 Å². The zero-order valence-electron chi connectivity index (χ0n) is 14.3. The Morgan fingerprint density at radius 2 is 1.44 bits per heavy atom. The molecule has 1 rings (SSSR count). The second-order valence-electron chi connectivity index (χ2n) is 4.81. The van der Waals surface area contributed by atoms with Crippen molar-refractivity contribution in [3.05, 3.63) is 0 Å². The smallest absolute Gasteiger partial charge is 0.00951 e. The van der Waals surface area contributed by atoms with Gasteiger partial charge in [-0.3, -0.25) is 0 Å². The van der Waals surface area contributed by atoms with Crippen molar-refractivity contribution in [2.45, 2.75) is 105 Å². The third kappa shape index (κ3) is 8.13. The quantitative estimate of drug-likeness (QED) is 0.594. The fourth-order valence-corrected chi connectivity index (χ4v) is 2.82. The topological polar surface area (TPSA) is 3.24 Å². The predicted octanol–water partition coefficient (Wildman–Crippen LogP) is 5.88. The van der Waals surface area contributed by atoms with E-state index in [1.54, 1.807) is 0 Å². The molecule has 18 heavy (non-hydrogen) atoms. The van der Waals surface area contributed by atoms with Gasteiger partial charge in [-0.15, -0.1) is 0 Å². The molecule has 1 saturated carbocycles. The van der Waals surface area contributed by atoms with Gasteiger partial charge in [-0.05, 0) is 32.7 Å². The second-order valence-corrected chi connectivity index (χ2v) is 4.81. The van der Waals surface area contributed by atoms with Crippen LogP contribution in [-0.4, -0.2) is 24.0 Å². The van der Waals surface area contributed by atoms with Crippen LogP contribution < -0.4 is 0 Å². The van der Waals surface area contributed by atoms with Crippen LogP contribution in [0.15, 0.2) is 0 Å². The van der Waals surface area contributed by atoms with Crippen molar-refractivity contribution in [2.75, 3.05) is 7.05 Å². The van der Waals surface area contributed by atoms with Gasteiger partial charge in [0.15, 0.2) is 0 Å². The average molecular weight is 258 g/mol. The number of hydrogen-bond donors (Lipinski definition) is 0. The third-order valence-corrected chi connectivity index (χ3v) is 3.82. The number of hydrogen-bond acceptors (Lipinski definition) is 1. The van der Waals surface area contributed by atoms with Crippen LogP contribution in [-0.2, 0) is 0 Å². The van der Waals surface area contributed by atoms with Crippen molar-refractivity contribution < 1.29 is 0 Å². The van der Waals surface area contributed by atoms with Crippen molar-refractivity contribution in [3.8, 4) is 0 Å². The Morgan fingerprint density at radius 1 is 0.944 bits per heavy atom. The van der Waals surface area contributed by atoms with Crippen molar-refractivity contribution in [1.29, 1.82) is 0 Å². The summed E-state index contributed by atoms with van der Waals surface area (Å²) in [5.41, 5.74) is 0. The SMILES string of the molecule is CC.CC.CCCC(CC)N(C)C1CCCCC1. The minimum absolute atomic E-state index is 0.836. The summed E-state index contributed by atoms with van der Waals surface area (Å²) in [6.07, 6.45) is 11.3. The van der Waals surface area contributed by atoms with E-state index < -0.39 is 0 Å². The lowest BCUT2D eigenvalue weighted by Gasteiger charge is -2.36. The largest absolute Gasteiger partial charge is 0.300 e. The second kappa shape index (κ2) is 15.0. The van der Waals surface area contributed by atoms with Gasteiger partial charge in [0.1, 0.15) is 0 Å². The Kier molecular flexibility index (Phi) is 16.9. The molecule has 0 aromatic heterocycles. The molecule has 0 bridgehead atoms. The van der Waals surface area contributed by atoms with Gasteiger partial charge in [-0.2, -0.15) is 0 Å². The fourth-order valence-electron chi connectivity index (χ4n) is 2.82. The van der Waals surface area contributed by atoms with Crippen LogP contribution in [0.4, 0.5) is 0 Å². The van der Waals surface area contributed by atoms with Crippen LogP contribution in [0.25, 0.3) is 0 Å². The molecule has 1 fully saturated rings. The molecule has 1 unspecified atom stereocenters. The van der Waals surface area contributed by atoms with Gasteiger partial charge in [-0.1, -0.05) is 67.2 Å². The van der Waals surface area contributed by atoms with E-state index >= 15 is 0 Å². The van der Waals surface area contributed by atoms with Crippen LogP contribution in [0, 0.1) is 0 Å². The molecular weight excluding hydrogens is 218 g/mol. The van der Waals surface area contributed by atoms with Gasteiger partial charge in [-0.25, -0.2) is 0 Å². The summed E-state index contributed by atoms with van der Waals surface area (Å²) in [5.74, 6) is 0. The highest BCUT2D eigenvalue weighted by molar-refractivity contribution is 4.78. The summed E-state index contributed by atoms with van der Waals surface area (Å²) < 4.78 is 0. The summed E-state index contributed by atoms with van der Waals surface area (Å²) in [6.45, 7) is 12.6. The molecule has 0 heterocycles. The zero-order valence-corrected chi connectivity index (χ0v) is 14.3. The van der Waals surface area contributed by atoms with E-state index in [2.05, 4.69) is 25.8 Å². The average Bonchev–Trinajstić information content (AvgIpc) is 2.49. The highest BCUT2D eigenvalue weighted by Gasteiger charge is 2.22. The Balaban J connectivity index is 0. The molecule has 0 amide bonds. The molecule has 0 aromatic rings. The first-order chi connectivity index (χ1) is 8.79. The molecule has 1 heteroatoms. The molecule has 0 N–H and O–H groups in total. The maximum Gasteiger partial charge on any atom is 0.00951 e. The van der Waals surface area contributed by atoms with Crippen LogP contribution in [0.3, 0.4) is 0 Å². The monoisotopic (exact) mass is 257 g/mol. The highest BCUT2D eigenvalue weighted by Crippen LogP contribution is 2.24. The first kappa shape index (κ1) is 20.3. The van der Waals surface area contributed by atoms with E-state index in [0.717, 1.165) is 12.1 Å². The van der Waals surface area contributed by atoms with E-state index in [1.807, 2.05) is 27.7 Å². The van der Waals surface area contributed by atoms with Gasteiger partial charge in [0.05, 0.1) is 0 Å². The maximum absolute atomic E-state index is 2.67. The third-order valence-electron chi connectivity index (χ3n) is 3.82. The minimum atomic E-state index is 0.836. The van der Waals surface area contributed by atoms with Crippen molar-refractivity contribution in [3.63, 3.8) is 0 Å². The van der Waals surface area contributed by atoms with Gasteiger partial charge in [0.25, 0.3) is 0 Å². The summed E-state index contributed by atoms with van der Waals surface area (Å²) in [7, 11) is 2.35. The van der Waals surface area contributed by atoms with Gasteiger partial charge in [0.2, 0.25) is 0 Å². The fraction of sp³-hybridized carbons (Fsp3) is 1.00. The van der Waals surface area contributed by atoms with Gasteiger partial charge in [0, 0.05) is 12.1 Å².